The number of rotatable bonds is 4. The number of likely N-dealkylation sites (tertiary alicyclic amines) is 1. The monoisotopic (exact) mass is 413 g/mol. The van der Waals surface area contributed by atoms with Gasteiger partial charge < -0.3 is 9.47 Å². The van der Waals surface area contributed by atoms with E-state index >= 15 is 0 Å². The molecule has 1 atom stereocenters. The fourth-order valence-electron chi connectivity index (χ4n) is 4.41. The highest BCUT2D eigenvalue weighted by atomic mass is 35.5. The summed E-state index contributed by atoms with van der Waals surface area (Å²) in [6, 6.07) is 14.8. The summed E-state index contributed by atoms with van der Waals surface area (Å²) in [5, 5.41) is 0. The fourth-order valence-corrected chi connectivity index (χ4v) is 4.41. The van der Waals surface area contributed by atoms with Gasteiger partial charge in [-0.3, -0.25) is 9.69 Å². The van der Waals surface area contributed by atoms with Gasteiger partial charge in [0.1, 0.15) is 0 Å². The lowest BCUT2D eigenvalue weighted by atomic mass is 9.91. The average molecular weight is 414 g/mol. The van der Waals surface area contributed by atoms with Crippen LogP contribution in [0.1, 0.15) is 41.3 Å². The number of ketones is 1. The molecule has 2 aromatic rings. The lowest BCUT2D eigenvalue weighted by Gasteiger charge is -2.35. The van der Waals surface area contributed by atoms with E-state index in [1.165, 1.54) is 11.1 Å². The van der Waals surface area contributed by atoms with Crippen LogP contribution in [0.4, 0.5) is 0 Å². The van der Waals surface area contributed by atoms with Crippen molar-refractivity contribution in [3.05, 3.63) is 70.3 Å². The molecule has 4 nitrogen and oxygen atoms in total. The summed E-state index contributed by atoms with van der Waals surface area (Å²) in [6.45, 7) is 4.22. The van der Waals surface area contributed by atoms with E-state index in [9.17, 15) is 4.79 Å². The van der Waals surface area contributed by atoms with Gasteiger partial charge in [0.25, 0.3) is 0 Å². The van der Waals surface area contributed by atoms with E-state index in [-0.39, 0.29) is 18.2 Å². The highest BCUT2D eigenvalue weighted by molar-refractivity contribution is 6.14. The third kappa shape index (κ3) is 4.19. The smallest absolute Gasteiger partial charge is 0.189 e. The van der Waals surface area contributed by atoms with Gasteiger partial charge in [-0.05, 0) is 43.0 Å². The summed E-state index contributed by atoms with van der Waals surface area (Å²) in [7, 11) is 3.23. The number of fused-ring (bicyclic) bond motifs is 1. The molecule has 154 valence electrons. The second-order valence-electron chi connectivity index (χ2n) is 7.71. The van der Waals surface area contributed by atoms with Crippen molar-refractivity contribution in [1.82, 2.24) is 4.90 Å². The summed E-state index contributed by atoms with van der Waals surface area (Å²) < 4.78 is 10.8. The number of methoxy groups -OCH3 is 2. The second-order valence-corrected chi connectivity index (χ2v) is 7.71. The van der Waals surface area contributed by atoms with Crippen molar-refractivity contribution in [2.75, 3.05) is 20.8 Å². The van der Waals surface area contributed by atoms with Gasteiger partial charge in [0, 0.05) is 36.7 Å². The first-order valence-corrected chi connectivity index (χ1v) is 9.89. The fraction of sp³-hybridized carbons (Fsp3) is 0.375. The first kappa shape index (κ1) is 21.4. The molecule has 2 aliphatic rings. The van der Waals surface area contributed by atoms with Crippen LogP contribution in [0.2, 0.25) is 0 Å². The standard InChI is InChI=1S/C24H27NO3.ClH/c1-16-11-18(9-10-25(16)15-17-7-5-4-6-8-17)20-12-19-13-22(27-2)23(28-3)14-21(19)24(20)26;/h4-8,13-14,16H,9-12,15H2,1-3H3;1H. The molecule has 1 heterocycles. The number of carbonyl (C=O) groups is 1. The molecule has 0 amide bonds. The Balaban J connectivity index is 0.00000240. The molecule has 0 bridgehead atoms. The highest BCUT2D eigenvalue weighted by Gasteiger charge is 2.32. The van der Waals surface area contributed by atoms with Crippen LogP contribution >= 0.6 is 12.4 Å². The van der Waals surface area contributed by atoms with Crippen LogP contribution in [0.15, 0.2) is 53.6 Å². The Labute approximate surface area is 178 Å². The molecule has 4 rings (SSSR count). The first-order valence-electron chi connectivity index (χ1n) is 9.89. The van der Waals surface area contributed by atoms with Crippen molar-refractivity contribution in [1.29, 1.82) is 0 Å². The number of Topliss-reactive ketones (excluding diaryl/α,β-unsaturated/α-hetero) is 1. The molecule has 1 unspecified atom stereocenters. The molecule has 2 aromatic carbocycles. The number of halogens is 1. The number of carbonyl (C=O) groups excluding carboxylic acids is 1. The lowest BCUT2D eigenvalue weighted by Crippen LogP contribution is -2.38. The number of nitrogens with zero attached hydrogens (tertiary/aromatic N) is 1. The molecule has 1 aliphatic carbocycles. The van der Waals surface area contributed by atoms with Gasteiger partial charge >= 0.3 is 0 Å². The van der Waals surface area contributed by atoms with E-state index in [0.29, 0.717) is 24.0 Å². The summed E-state index contributed by atoms with van der Waals surface area (Å²) in [6.07, 6.45) is 2.62. The minimum atomic E-state index is 0. The Morgan fingerprint density at radius 1 is 1.07 bits per heavy atom. The number of ether oxygens (including phenoxy) is 2. The predicted octanol–water partition coefficient (Wildman–Crippen LogP) is 4.85. The quantitative estimate of drug-likeness (QED) is 0.672. The molecule has 0 radical (unpaired) electrons. The number of hydrogen-bond donors (Lipinski definition) is 0. The first-order chi connectivity index (χ1) is 13.6. The zero-order chi connectivity index (χ0) is 19.7. The molecular weight excluding hydrogens is 386 g/mol. The van der Waals surface area contributed by atoms with Crippen LogP contribution in [0.5, 0.6) is 11.5 Å². The normalized spacial score (nSPS) is 21.5. The molecule has 29 heavy (non-hydrogen) atoms. The maximum atomic E-state index is 13.1. The summed E-state index contributed by atoms with van der Waals surface area (Å²) in [5.74, 6) is 1.47. The minimum Gasteiger partial charge on any atom is -0.493 e. The SMILES string of the molecule is COc1cc2c(cc1OC)C(=O)C(=C1CCN(Cc3ccccc3)C(C)C1)C2.Cl. The molecular formula is C24H28ClNO3. The van der Waals surface area contributed by atoms with Gasteiger partial charge in [-0.2, -0.15) is 0 Å². The predicted molar refractivity (Wildman–Crippen MR) is 117 cm³/mol. The number of hydrogen-bond acceptors (Lipinski definition) is 4. The Bertz CT molecular complexity index is 923. The average Bonchev–Trinajstić information content (AvgIpc) is 3.05. The summed E-state index contributed by atoms with van der Waals surface area (Å²) >= 11 is 0. The van der Waals surface area contributed by atoms with Crippen LogP contribution in [-0.4, -0.2) is 37.5 Å². The Hall–Kier alpha value is -2.30. The Morgan fingerprint density at radius 3 is 2.41 bits per heavy atom. The Morgan fingerprint density at radius 2 is 1.76 bits per heavy atom. The largest absolute Gasteiger partial charge is 0.493 e. The van der Waals surface area contributed by atoms with Crippen LogP contribution in [0.25, 0.3) is 0 Å². The molecule has 5 heteroatoms. The van der Waals surface area contributed by atoms with Crippen molar-refractivity contribution in [2.24, 2.45) is 0 Å². The van der Waals surface area contributed by atoms with E-state index in [2.05, 4.69) is 42.2 Å². The molecule has 1 fully saturated rings. The van der Waals surface area contributed by atoms with E-state index in [1.54, 1.807) is 14.2 Å². The topological polar surface area (TPSA) is 38.8 Å². The lowest BCUT2D eigenvalue weighted by molar-refractivity contribution is 0.103. The molecule has 0 spiro atoms. The highest BCUT2D eigenvalue weighted by Crippen LogP contribution is 2.39. The van der Waals surface area contributed by atoms with Gasteiger partial charge in [0.05, 0.1) is 14.2 Å². The molecule has 0 saturated carbocycles. The summed E-state index contributed by atoms with van der Waals surface area (Å²) in [5.41, 5.74) is 5.45. The van der Waals surface area contributed by atoms with Crippen LogP contribution in [0.3, 0.4) is 0 Å². The molecule has 1 saturated heterocycles. The minimum absolute atomic E-state index is 0. The Kier molecular flexibility index (Phi) is 6.66. The maximum absolute atomic E-state index is 13.1. The van der Waals surface area contributed by atoms with Gasteiger partial charge in [-0.25, -0.2) is 0 Å². The number of piperidine rings is 1. The zero-order valence-electron chi connectivity index (χ0n) is 17.2. The van der Waals surface area contributed by atoms with E-state index in [0.717, 1.165) is 42.6 Å². The van der Waals surface area contributed by atoms with Gasteiger partial charge in [0.15, 0.2) is 17.3 Å². The third-order valence-electron chi connectivity index (χ3n) is 6.02. The maximum Gasteiger partial charge on any atom is 0.189 e. The zero-order valence-corrected chi connectivity index (χ0v) is 18.1. The third-order valence-corrected chi connectivity index (χ3v) is 6.02. The number of allylic oxidation sites excluding steroid dienone is 1. The van der Waals surface area contributed by atoms with Crippen LogP contribution in [0, 0.1) is 0 Å². The van der Waals surface area contributed by atoms with Crippen molar-refractivity contribution in [3.63, 3.8) is 0 Å². The van der Waals surface area contributed by atoms with Gasteiger partial charge in [-0.1, -0.05) is 35.9 Å². The van der Waals surface area contributed by atoms with E-state index in [1.807, 2.05) is 12.1 Å². The van der Waals surface area contributed by atoms with Crippen molar-refractivity contribution in [3.8, 4) is 11.5 Å². The number of benzene rings is 2. The van der Waals surface area contributed by atoms with Crippen molar-refractivity contribution in [2.45, 2.75) is 38.8 Å². The molecule has 0 N–H and O–H groups in total. The second kappa shape index (κ2) is 9.02. The van der Waals surface area contributed by atoms with Crippen molar-refractivity contribution >= 4 is 18.2 Å². The molecule has 1 aliphatic heterocycles. The van der Waals surface area contributed by atoms with Crippen LogP contribution in [-0.2, 0) is 13.0 Å². The van der Waals surface area contributed by atoms with Gasteiger partial charge in [-0.15, -0.1) is 12.4 Å². The van der Waals surface area contributed by atoms with Gasteiger partial charge in [0.2, 0.25) is 0 Å². The molecule has 0 aromatic heterocycles. The summed E-state index contributed by atoms with van der Waals surface area (Å²) in [4.78, 5) is 15.6. The van der Waals surface area contributed by atoms with E-state index in [4.69, 9.17) is 9.47 Å². The van der Waals surface area contributed by atoms with Crippen molar-refractivity contribution < 1.29 is 14.3 Å². The van der Waals surface area contributed by atoms with E-state index < -0.39 is 0 Å². The van der Waals surface area contributed by atoms with Crippen LogP contribution < -0.4 is 9.47 Å².